The van der Waals surface area contributed by atoms with Gasteiger partial charge in [-0.3, -0.25) is 9.48 Å². The Morgan fingerprint density at radius 2 is 1.92 bits per heavy atom. The fourth-order valence-electron chi connectivity index (χ4n) is 3.15. The first kappa shape index (κ1) is 17.5. The molecule has 25 heavy (non-hydrogen) atoms. The van der Waals surface area contributed by atoms with Gasteiger partial charge in [-0.05, 0) is 36.0 Å². The number of carbonyl (C=O) groups is 1. The van der Waals surface area contributed by atoms with Crippen molar-refractivity contribution in [3.8, 4) is 0 Å². The van der Waals surface area contributed by atoms with Gasteiger partial charge in [0.05, 0.1) is 24.1 Å². The van der Waals surface area contributed by atoms with Crippen molar-refractivity contribution in [2.75, 3.05) is 25.0 Å². The highest BCUT2D eigenvalue weighted by atomic mass is 16.1. The first-order chi connectivity index (χ1) is 11.9. The van der Waals surface area contributed by atoms with Crippen LogP contribution in [0.15, 0.2) is 30.7 Å². The van der Waals surface area contributed by atoms with E-state index in [-0.39, 0.29) is 11.3 Å². The maximum absolute atomic E-state index is 11.6. The highest BCUT2D eigenvalue weighted by Gasteiger charge is 2.23. The molecule has 0 atom stereocenters. The van der Waals surface area contributed by atoms with Gasteiger partial charge in [0.25, 0.3) is 5.91 Å². The van der Waals surface area contributed by atoms with Gasteiger partial charge in [0.15, 0.2) is 0 Å². The topological polar surface area (TPSA) is 63.1 Å². The predicted molar refractivity (Wildman–Crippen MR) is 99.0 cm³/mol. The minimum Gasteiger partial charge on any atom is -0.370 e. The normalized spacial score (nSPS) is 16.1. The summed E-state index contributed by atoms with van der Waals surface area (Å²) in [6, 6.07) is 4.21. The van der Waals surface area contributed by atoms with Crippen LogP contribution in [0.2, 0.25) is 0 Å². The molecule has 1 aliphatic rings. The van der Waals surface area contributed by atoms with Crippen molar-refractivity contribution in [1.82, 2.24) is 20.1 Å². The zero-order chi connectivity index (χ0) is 18.0. The number of nitrogens with zero attached hydrogens (tertiary/aromatic N) is 4. The minimum atomic E-state index is -0.154. The third-order valence-corrected chi connectivity index (χ3v) is 4.88. The molecule has 0 bridgehead atoms. The zero-order valence-electron chi connectivity index (χ0n) is 15.5. The molecule has 134 valence electrons. The van der Waals surface area contributed by atoms with Gasteiger partial charge in [-0.2, -0.15) is 5.10 Å². The Morgan fingerprint density at radius 1 is 1.20 bits per heavy atom. The molecule has 1 saturated heterocycles. The van der Waals surface area contributed by atoms with Crippen LogP contribution in [0.3, 0.4) is 0 Å². The summed E-state index contributed by atoms with van der Waals surface area (Å²) in [6.07, 6.45) is 8.09. The van der Waals surface area contributed by atoms with Gasteiger partial charge in [-0.1, -0.05) is 20.8 Å². The van der Waals surface area contributed by atoms with E-state index >= 15 is 0 Å². The summed E-state index contributed by atoms with van der Waals surface area (Å²) in [5, 5.41) is 7.18. The molecule has 1 fully saturated rings. The summed E-state index contributed by atoms with van der Waals surface area (Å²) >= 11 is 0. The third-order valence-electron chi connectivity index (χ3n) is 4.88. The highest BCUT2D eigenvalue weighted by molar-refractivity contribution is 5.92. The Balaban J connectivity index is 1.62. The Morgan fingerprint density at radius 3 is 2.44 bits per heavy atom. The van der Waals surface area contributed by atoms with Crippen molar-refractivity contribution >= 4 is 11.6 Å². The van der Waals surface area contributed by atoms with Gasteiger partial charge in [-0.25, -0.2) is 4.98 Å². The number of carbonyl (C=O) groups excluding carboxylic acids is 1. The fraction of sp³-hybridized carbons (Fsp3) is 0.526. The number of hydrogen-bond acceptors (Lipinski definition) is 4. The number of anilines is 1. The van der Waals surface area contributed by atoms with Crippen molar-refractivity contribution in [1.29, 1.82) is 0 Å². The summed E-state index contributed by atoms with van der Waals surface area (Å²) < 4.78 is 2.13. The molecule has 0 spiro atoms. The number of pyridine rings is 1. The highest BCUT2D eigenvalue weighted by Crippen LogP contribution is 2.28. The van der Waals surface area contributed by atoms with Crippen LogP contribution in [-0.2, 0) is 5.41 Å². The van der Waals surface area contributed by atoms with Crippen molar-refractivity contribution in [2.24, 2.45) is 0 Å². The van der Waals surface area contributed by atoms with E-state index in [4.69, 9.17) is 0 Å². The molecule has 1 amide bonds. The predicted octanol–water partition coefficient (Wildman–Crippen LogP) is 2.78. The van der Waals surface area contributed by atoms with Gasteiger partial charge >= 0.3 is 0 Å². The van der Waals surface area contributed by atoms with E-state index in [9.17, 15) is 4.79 Å². The molecule has 3 heterocycles. The lowest BCUT2D eigenvalue weighted by Crippen LogP contribution is -2.35. The maximum atomic E-state index is 11.6. The zero-order valence-corrected chi connectivity index (χ0v) is 15.5. The maximum Gasteiger partial charge on any atom is 0.269 e. The van der Waals surface area contributed by atoms with Crippen LogP contribution in [0.25, 0.3) is 0 Å². The molecule has 0 saturated carbocycles. The van der Waals surface area contributed by atoms with Crippen LogP contribution in [0.5, 0.6) is 0 Å². The summed E-state index contributed by atoms with van der Waals surface area (Å²) in [7, 11) is 1.61. The summed E-state index contributed by atoms with van der Waals surface area (Å²) in [5.74, 6) is -0.154. The van der Waals surface area contributed by atoms with Crippen molar-refractivity contribution in [3.05, 3.63) is 42.0 Å². The minimum absolute atomic E-state index is 0.136. The molecule has 1 aliphatic heterocycles. The SMILES string of the molecule is CNC(=O)c1ccc(N2CCC(n3cc(C(C)(C)C)cn3)CC2)cn1. The molecule has 3 rings (SSSR count). The fourth-order valence-corrected chi connectivity index (χ4v) is 3.15. The van der Waals surface area contributed by atoms with E-state index < -0.39 is 0 Å². The summed E-state index contributed by atoms with van der Waals surface area (Å²) in [6.45, 7) is 8.58. The van der Waals surface area contributed by atoms with E-state index in [1.54, 1.807) is 19.3 Å². The number of aromatic nitrogens is 3. The Kier molecular flexibility index (Phi) is 4.79. The van der Waals surface area contributed by atoms with E-state index in [1.165, 1.54) is 5.56 Å². The third kappa shape index (κ3) is 3.83. The van der Waals surface area contributed by atoms with Crippen LogP contribution >= 0.6 is 0 Å². The molecule has 6 nitrogen and oxygen atoms in total. The van der Waals surface area contributed by atoms with Crippen LogP contribution in [-0.4, -0.2) is 40.8 Å². The first-order valence-corrected chi connectivity index (χ1v) is 8.86. The average Bonchev–Trinajstić information content (AvgIpc) is 3.12. The molecule has 2 aromatic heterocycles. The number of hydrogen-bond donors (Lipinski definition) is 1. The average molecular weight is 341 g/mol. The Hall–Kier alpha value is -2.37. The monoisotopic (exact) mass is 341 g/mol. The Labute approximate surface area is 149 Å². The number of piperidine rings is 1. The molecule has 6 heteroatoms. The van der Waals surface area contributed by atoms with Crippen LogP contribution in [0, 0.1) is 0 Å². The van der Waals surface area contributed by atoms with E-state index in [2.05, 4.69) is 51.9 Å². The van der Waals surface area contributed by atoms with E-state index in [0.29, 0.717) is 11.7 Å². The molecule has 0 unspecified atom stereocenters. The molecule has 0 radical (unpaired) electrons. The van der Waals surface area contributed by atoms with Crippen LogP contribution in [0.4, 0.5) is 5.69 Å². The van der Waals surface area contributed by atoms with E-state index in [0.717, 1.165) is 31.6 Å². The summed E-state index contributed by atoms with van der Waals surface area (Å²) in [4.78, 5) is 18.2. The first-order valence-electron chi connectivity index (χ1n) is 8.86. The van der Waals surface area contributed by atoms with Gasteiger partial charge in [0, 0.05) is 26.3 Å². The van der Waals surface area contributed by atoms with Crippen LogP contribution in [0.1, 0.15) is 55.7 Å². The quantitative estimate of drug-likeness (QED) is 0.932. The lowest BCUT2D eigenvalue weighted by Gasteiger charge is -2.33. The molecule has 0 aliphatic carbocycles. The number of rotatable bonds is 3. The lowest BCUT2D eigenvalue weighted by molar-refractivity contribution is 0.0958. The number of amides is 1. The molecule has 1 N–H and O–H groups in total. The summed E-state index contributed by atoms with van der Waals surface area (Å²) in [5.41, 5.74) is 2.94. The van der Waals surface area contributed by atoms with Gasteiger partial charge in [-0.15, -0.1) is 0 Å². The molecule has 0 aromatic carbocycles. The van der Waals surface area contributed by atoms with Crippen molar-refractivity contribution in [3.63, 3.8) is 0 Å². The Bertz CT molecular complexity index is 721. The second kappa shape index (κ2) is 6.86. The standard InChI is InChI=1S/C19H27N5O/c1-19(2,3)14-11-22-24(13-14)15-7-9-23(10-8-15)16-5-6-17(21-12-16)18(25)20-4/h5-6,11-13,15H,7-10H2,1-4H3,(H,20,25). The van der Waals surface area contributed by atoms with Gasteiger partial charge < -0.3 is 10.2 Å². The van der Waals surface area contributed by atoms with Gasteiger partial charge in [0.2, 0.25) is 0 Å². The van der Waals surface area contributed by atoms with Gasteiger partial charge in [0.1, 0.15) is 5.69 Å². The largest absolute Gasteiger partial charge is 0.370 e. The molecular weight excluding hydrogens is 314 g/mol. The molecular formula is C19H27N5O. The van der Waals surface area contributed by atoms with Crippen LogP contribution < -0.4 is 10.2 Å². The second-order valence-electron chi connectivity index (χ2n) is 7.66. The second-order valence-corrected chi connectivity index (χ2v) is 7.66. The molecule has 2 aromatic rings. The van der Waals surface area contributed by atoms with E-state index in [1.807, 2.05) is 12.3 Å². The van der Waals surface area contributed by atoms with Crippen molar-refractivity contribution in [2.45, 2.75) is 45.1 Å². The smallest absolute Gasteiger partial charge is 0.269 e. The number of nitrogens with one attached hydrogen (secondary N) is 1. The lowest BCUT2D eigenvalue weighted by atomic mass is 9.90. The van der Waals surface area contributed by atoms with Crippen molar-refractivity contribution < 1.29 is 4.79 Å².